The maximum absolute atomic E-state index is 13.7. The van der Waals surface area contributed by atoms with Crippen LogP contribution in [0.2, 0.25) is 0 Å². The number of carbonyl (C=O) groups excluding carboxylic acids is 4. The van der Waals surface area contributed by atoms with Crippen molar-refractivity contribution < 1.29 is 28.7 Å². The van der Waals surface area contributed by atoms with Gasteiger partial charge < -0.3 is 9.47 Å². The van der Waals surface area contributed by atoms with E-state index in [1.807, 2.05) is 67.6 Å². The van der Waals surface area contributed by atoms with Gasteiger partial charge in [0.05, 0.1) is 34.9 Å². The van der Waals surface area contributed by atoms with Crippen molar-refractivity contribution in [2.75, 3.05) is 18.6 Å². The van der Waals surface area contributed by atoms with Gasteiger partial charge >= 0.3 is 5.97 Å². The Kier molecular flexibility index (Phi) is 9.65. The van der Waals surface area contributed by atoms with E-state index in [0.29, 0.717) is 33.2 Å². The number of anilines is 1. The van der Waals surface area contributed by atoms with Crippen LogP contribution in [-0.4, -0.2) is 47.5 Å². The lowest BCUT2D eigenvalue weighted by atomic mass is 9.98. The summed E-state index contributed by atoms with van der Waals surface area (Å²) < 4.78 is 10.3. The second kappa shape index (κ2) is 14.4. The van der Waals surface area contributed by atoms with Crippen LogP contribution < -0.4 is 9.64 Å². The highest BCUT2D eigenvalue weighted by atomic mass is 32.2. The van der Waals surface area contributed by atoms with Crippen molar-refractivity contribution in [3.05, 3.63) is 131 Å². The van der Waals surface area contributed by atoms with Gasteiger partial charge in [-0.1, -0.05) is 71.9 Å². The normalized spacial score (nSPS) is 14.0. The summed E-state index contributed by atoms with van der Waals surface area (Å²) >= 11 is 1.09. The number of aryl methyl sites for hydroxylation is 1. The van der Waals surface area contributed by atoms with E-state index < -0.39 is 29.6 Å². The molecule has 0 bridgehead atoms. The third kappa shape index (κ3) is 7.12. The summed E-state index contributed by atoms with van der Waals surface area (Å²) in [6, 6.07) is 33.8. The van der Waals surface area contributed by atoms with Crippen LogP contribution in [0.4, 0.5) is 5.69 Å². The molecule has 5 aromatic rings. The number of hydrogen-bond acceptors (Lipinski definition) is 9. The van der Waals surface area contributed by atoms with Gasteiger partial charge in [-0.2, -0.15) is 5.26 Å². The fourth-order valence-electron chi connectivity index (χ4n) is 5.36. The molecular weight excluding hydrogens is 639 g/mol. The number of esters is 1. The number of hydrogen-bond donors (Lipinski definition) is 0. The molecule has 10 heteroatoms. The molecule has 49 heavy (non-hydrogen) atoms. The van der Waals surface area contributed by atoms with Crippen LogP contribution in [-0.2, 0) is 14.3 Å². The number of benzene rings is 4. The fraction of sp³-hybridized carbons (Fsp3) is 0.128. The minimum Gasteiger partial charge on any atom is -0.497 e. The Balaban J connectivity index is 1.19. The monoisotopic (exact) mass is 667 g/mol. The van der Waals surface area contributed by atoms with E-state index in [0.717, 1.165) is 33.4 Å². The molecule has 242 valence electrons. The molecule has 0 spiro atoms. The van der Waals surface area contributed by atoms with Gasteiger partial charge in [-0.25, -0.2) is 14.7 Å². The first-order valence-corrected chi connectivity index (χ1v) is 16.2. The first kappa shape index (κ1) is 32.9. The molecule has 9 nitrogen and oxygen atoms in total. The molecule has 6 rings (SSSR count). The Hall–Kier alpha value is -6.05. The predicted molar refractivity (Wildman–Crippen MR) is 185 cm³/mol. The molecule has 1 saturated heterocycles. The molecule has 0 aliphatic carbocycles. The molecule has 0 N–H and O–H groups in total. The van der Waals surface area contributed by atoms with Crippen molar-refractivity contribution >= 4 is 41.0 Å². The lowest BCUT2D eigenvalue weighted by Crippen LogP contribution is -2.31. The van der Waals surface area contributed by atoms with Gasteiger partial charge in [0.15, 0.2) is 12.4 Å². The maximum Gasteiger partial charge on any atom is 0.338 e. The number of Topliss-reactive ketones (excluding diaryl/α,β-unsaturated/α-hetero) is 1. The van der Waals surface area contributed by atoms with Crippen molar-refractivity contribution in [1.82, 2.24) is 4.98 Å². The molecule has 1 fully saturated rings. The number of methoxy groups -OCH3 is 1. The molecule has 2 amide bonds. The van der Waals surface area contributed by atoms with Crippen molar-refractivity contribution in [2.24, 2.45) is 0 Å². The number of aromatic nitrogens is 1. The number of nitrogens with zero attached hydrogens (tertiary/aromatic N) is 3. The Bertz CT molecular complexity index is 2090. The van der Waals surface area contributed by atoms with Crippen LogP contribution in [0.5, 0.6) is 5.75 Å². The molecule has 1 atom stereocenters. The van der Waals surface area contributed by atoms with E-state index in [1.54, 1.807) is 24.3 Å². The number of imide groups is 1. The standard InChI is InChI=1S/C39H29N3O6S/c1-24-8-10-25(11-9-24)31-20-33(26-6-4-3-5-7-26)41-37(32(31)22-40)49-35-21-36(44)42(38(35)45)29-16-12-28(13-17-29)39(46)48-23-34(43)27-14-18-30(47-2)19-15-27/h3-20,35H,21,23H2,1-2H3. The van der Waals surface area contributed by atoms with Crippen LogP contribution in [0.15, 0.2) is 114 Å². The van der Waals surface area contributed by atoms with Crippen LogP contribution in [0.25, 0.3) is 22.4 Å². The zero-order chi connectivity index (χ0) is 34.5. The van der Waals surface area contributed by atoms with Crippen LogP contribution in [0.3, 0.4) is 0 Å². The number of carbonyl (C=O) groups is 4. The van der Waals surface area contributed by atoms with Crippen LogP contribution in [0, 0.1) is 18.3 Å². The first-order valence-electron chi connectivity index (χ1n) is 15.3. The first-order chi connectivity index (χ1) is 23.7. The summed E-state index contributed by atoms with van der Waals surface area (Å²) in [5.41, 5.74) is 5.22. The van der Waals surface area contributed by atoms with E-state index in [2.05, 4.69) is 6.07 Å². The van der Waals surface area contributed by atoms with Crippen LogP contribution in [0.1, 0.15) is 38.3 Å². The highest BCUT2D eigenvalue weighted by Crippen LogP contribution is 2.39. The summed E-state index contributed by atoms with van der Waals surface area (Å²) in [6.07, 6.45) is -0.0945. The number of rotatable bonds is 10. The number of ketones is 1. The zero-order valence-corrected chi connectivity index (χ0v) is 27.4. The second-order valence-electron chi connectivity index (χ2n) is 11.2. The molecule has 0 radical (unpaired) electrons. The van der Waals surface area contributed by atoms with Gasteiger partial charge in [0, 0.05) is 23.1 Å². The van der Waals surface area contributed by atoms with E-state index in [-0.39, 0.29) is 23.5 Å². The van der Waals surface area contributed by atoms with Crippen molar-refractivity contribution in [2.45, 2.75) is 23.6 Å². The van der Waals surface area contributed by atoms with Gasteiger partial charge in [0.1, 0.15) is 16.8 Å². The number of pyridine rings is 1. The molecular formula is C39H29N3O6S. The number of ether oxygens (including phenoxy) is 2. The zero-order valence-electron chi connectivity index (χ0n) is 26.6. The topological polar surface area (TPSA) is 127 Å². The number of thioether (sulfide) groups is 1. The number of amides is 2. The average Bonchev–Trinajstić information content (AvgIpc) is 3.42. The fourth-order valence-corrected chi connectivity index (χ4v) is 6.48. The lowest BCUT2D eigenvalue weighted by Gasteiger charge is -2.16. The van der Waals surface area contributed by atoms with Gasteiger partial charge in [0.25, 0.3) is 0 Å². The van der Waals surface area contributed by atoms with Crippen molar-refractivity contribution in [1.29, 1.82) is 5.26 Å². The molecule has 1 aliphatic heterocycles. The van der Waals surface area contributed by atoms with E-state index in [9.17, 15) is 24.4 Å². The SMILES string of the molecule is COc1ccc(C(=O)COC(=O)c2ccc(N3C(=O)CC(Sc4nc(-c5ccccc5)cc(-c5ccc(C)cc5)c4C#N)C3=O)cc2)cc1. The second-order valence-corrected chi connectivity index (χ2v) is 12.4. The highest BCUT2D eigenvalue weighted by molar-refractivity contribution is 8.00. The summed E-state index contributed by atoms with van der Waals surface area (Å²) in [6.45, 7) is 1.53. The predicted octanol–water partition coefficient (Wildman–Crippen LogP) is 7.07. The third-order valence-corrected chi connectivity index (χ3v) is 9.17. The Morgan fingerprint density at radius 1 is 0.898 bits per heavy atom. The Morgan fingerprint density at radius 2 is 1.57 bits per heavy atom. The molecule has 0 saturated carbocycles. The molecule has 1 aromatic heterocycles. The van der Waals surface area contributed by atoms with Crippen LogP contribution >= 0.6 is 11.8 Å². The van der Waals surface area contributed by atoms with Gasteiger partial charge in [-0.3, -0.25) is 14.4 Å². The quantitative estimate of drug-likeness (QED) is 0.0873. The maximum atomic E-state index is 13.7. The van der Waals surface area contributed by atoms with Crippen molar-refractivity contribution in [3.63, 3.8) is 0 Å². The Labute approximate surface area is 287 Å². The lowest BCUT2D eigenvalue weighted by molar-refractivity contribution is -0.121. The number of nitriles is 1. The molecule has 1 unspecified atom stereocenters. The highest BCUT2D eigenvalue weighted by Gasteiger charge is 2.41. The van der Waals surface area contributed by atoms with E-state index >= 15 is 0 Å². The smallest absolute Gasteiger partial charge is 0.338 e. The van der Waals surface area contributed by atoms with Gasteiger partial charge in [0.2, 0.25) is 11.8 Å². The molecule has 2 heterocycles. The summed E-state index contributed by atoms with van der Waals surface area (Å²) in [5, 5.41) is 9.82. The third-order valence-electron chi connectivity index (χ3n) is 8.00. The molecule has 1 aliphatic rings. The summed E-state index contributed by atoms with van der Waals surface area (Å²) in [5.74, 6) is -1.37. The minimum absolute atomic E-state index is 0.0945. The Morgan fingerprint density at radius 3 is 2.22 bits per heavy atom. The van der Waals surface area contributed by atoms with Gasteiger partial charge in [-0.05, 0) is 67.1 Å². The van der Waals surface area contributed by atoms with E-state index in [1.165, 1.54) is 31.4 Å². The molecule has 4 aromatic carbocycles. The summed E-state index contributed by atoms with van der Waals surface area (Å²) in [7, 11) is 1.52. The van der Waals surface area contributed by atoms with E-state index in [4.69, 9.17) is 14.5 Å². The van der Waals surface area contributed by atoms with Crippen molar-refractivity contribution in [3.8, 4) is 34.2 Å². The average molecular weight is 668 g/mol. The summed E-state index contributed by atoms with van der Waals surface area (Å²) in [4.78, 5) is 57.9. The minimum atomic E-state index is -0.822. The van der Waals surface area contributed by atoms with Gasteiger partial charge in [-0.15, -0.1) is 0 Å². The largest absolute Gasteiger partial charge is 0.497 e.